The molecule has 2 rings (SSSR count). The second-order valence-corrected chi connectivity index (χ2v) is 3.94. The van der Waals surface area contributed by atoms with Gasteiger partial charge in [0, 0.05) is 11.6 Å². The van der Waals surface area contributed by atoms with Crippen molar-refractivity contribution >= 4 is 5.70 Å². The van der Waals surface area contributed by atoms with Gasteiger partial charge >= 0.3 is 0 Å². The first-order valence-corrected chi connectivity index (χ1v) is 5.33. The van der Waals surface area contributed by atoms with Gasteiger partial charge in [0.2, 0.25) is 0 Å². The molecule has 92 valence electrons. The highest BCUT2D eigenvalue weighted by Crippen LogP contribution is 2.32. The summed E-state index contributed by atoms with van der Waals surface area (Å²) in [4.78, 5) is 10.3. The summed E-state index contributed by atoms with van der Waals surface area (Å²) < 4.78 is 0. The lowest BCUT2D eigenvalue weighted by molar-refractivity contribution is -0.424. The Bertz CT molecular complexity index is 573. The molecule has 0 radical (unpaired) electrons. The predicted molar refractivity (Wildman–Crippen MR) is 66.9 cm³/mol. The number of hydrogen-bond acceptors (Lipinski definition) is 4. The monoisotopic (exact) mass is 244 g/mol. The molecule has 1 aromatic carbocycles. The summed E-state index contributed by atoms with van der Waals surface area (Å²) in [5.74, 6) is 0. The van der Waals surface area contributed by atoms with E-state index >= 15 is 0 Å². The molecule has 0 saturated heterocycles. The molecule has 1 heterocycles. The lowest BCUT2D eigenvalue weighted by atomic mass is 10.0. The quantitative estimate of drug-likeness (QED) is 0.641. The molecular formula is C13H12N2O3. The number of allylic oxidation sites excluding steroid dienone is 2. The summed E-state index contributed by atoms with van der Waals surface area (Å²) >= 11 is 0. The highest BCUT2D eigenvalue weighted by atomic mass is 16.6. The number of nitrogens with zero attached hydrogens (tertiary/aromatic N) is 2. The van der Waals surface area contributed by atoms with Crippen molar-refractivity contribution in [3.63, 3.8) is 0 Å². The van der Waals surface area contributed by atoms with Crippen LogP contribution in [0.3, 0.4) is 0 Å². The summed E-state index contributed by atoms with van der Waals surface area (Å²) in [6.45, 7) is 5.25. The first-order chi connectivity index (χ1) is 8.52. The SMILES string of the molecule is C=C1C([N+](=O)[O-])=CC(C)=C(c2ccccc2)N1O. The minimum atomic E-state index is -0.559. The van der Waals surface area contributed by atoms with Gasteiger partial charge in [-0.2, -0.15) is 0 Å². The largest absolute Gasteiger partial charge is 0.295 e. The van der Waals surface area contributed by atoms with Crippen molar-refractivity contribution in [2.24, 2.45) is 0 Å². The Kier molecular flexibility index (Phi) is 2.99. The molecular weight excluding hydrogens is 232 g/mol. The Balaban J connectivity index is 2.57. The standard InChI is InChI=1S/C13H12N2O3/c1-9-8-12(15(17)18)10(2)14(16)13(9)11-6-4-3-5-7-11/h3-8,16H,2H2,1H3. The van der Waals surface area contributed by atoms with Gasteiger partial charge in [-0.05, 0) is 12.5 Å². The summed E-state index contributed by atoms with van der Waals surface area (Å²) in [6, 6.07) is 9.16. The van der Waals surface area contributed by atoms with E-state index in [-0.39, 0.29) is 11.4 Å². The van der Waals surface area contributed by atoms with E-state index in [2.05, 4.69) is 6.58 Å². The Morgan fingerprint density at radius 1 is 1.33 bits per heavy atom. The van der Waals surface area contributed by atoms with E-state index in [9.17, 15) is 15.3 Å². The smallest absolute Gasteiger partial charge is 0.283 e. The van der Waals surface area contributed by atoms with Crippen LogP contribution in [-0.4, -0.2) is 15.2 Å². The molecule has 0 unspecified atom stereocenters. The van der Waals surface area contributed by atoms with E-state index in [1.54, 1.807) is 6.92 Å². The molecule has 5 nitrogen and oxygen atoms in total. The molecule has 1 aliphatic heterocycles. The van der Waals surface area contributed by atoms with Crippen LogP contribution >= 0.6 is 0 Å². The third-order valence-corrected chi connectivity index (χ3v) is 2.73. The van der Waals surface area contributed by atoms with Crippen molar-refractivity contribution in [2.75, 3.05) is 0 Å². The molecule has 1 N–H and O–H groups in total. The Labute approximate surface area is 104 Å². The zero-order valence-corrected chi connectivity index (χ0v) is 9.83. The zero-order chi connectivity index (χ0) is 13.3. The van der Waals surface area contributed by atoms with Gasteiger partial charge in [-0.25, -0.2) is 5.06 Å². The summed E-state index contributed by atoms with van der Waals surface area (Å²) in [5.41, 5.74) is 1.66. The molecule has 0 fully saturated rings. The minimum absolute atomic E-state index is 0.0375. The van der Waals surface area contributed by atoms with Crippen molar-refractivity contribution in [1.29, 1.82) is 0 Å². The van der Waals surface area contributed by atoms with E-state index < -0.39 is 4.92 Å². The van der Waals surface area contributed by atoms with Crippen molar-refractivity contribution in [3.8, 4) is 0 Å². The third kappa shape index (κ3) is 1.91. The van der Waals surface area contributed by atoms with Crippen LogP contribution in [0.5, 0.6) is 0 Å². The van der Waals surface area contributed by atoms with Gasteiger partial charge < -0.3 is 0 Å². The van der Waals surface area contributed by atoms with E-state index in [4.69, 9.17) is 0 Å². The first kappa shape index (κ1) is 12.1. The molecule has 0 saturated carbocycles. The van der Waals surface area contributed by atoms with Gasteiger partial charge in [0.15, 0.2) is 0 Å². The van der Waals surface area contributed by atoms with Crippen molar-refractivity contribution in [3.05, 3.63) is 75.6 Å². The molecule has 0 atom stereocenters. The molecule has 18 heavy (non-hydrogen) atoms. The normalized spacial score (nSPS) is 15.8. The highest BCUT2D eigenvalue weighted by Gasteiger charge is 2.29. The van der Waals surface area contributed by atoms with Gasteiger partial charge in [0.25, 0.3) is 5.70 Å². The van der Waals surface area contributed by atoms with Crippen molar-refractivity contribution in [2.45, 2.75) is 6.92 Å². The predicted octanol–water partition coefficient (Wildman–Crippen LogP) is 2.80. The molecule has 0 spiro atoms. The van der Waals surface area contributed by atoms with Gasteiger partial charge in [-0.3, -0.25) is 15.3 Å². The van der Waals surface area contributed by atoms with E-state index in [1.807, 2.05) is 30.3 Å². The topological polar surface area (TPSA) is 66.6 Å². The first-order valence-electron chi connectivity index (χ1n) is 5.33. The number of hydrogen-bond donors (Lipinski definition) is 1. The number of nitro groups is 1. The molecule has 1 aliphatic rings. The average Bonchev–Trinajstić information content (AvgIpc) is 2.35. The van der Waals surface area contributed by atoms with Crippen LogP contribution in [0.2, 0.25) is 0 Å². The minimum Gasteiger partial charge on any atom is -0.283 e. The second-order valence-electron chi connectivity index (χ2n) is 3.94. The zero-order valence-electron chi connectivity index (χ0n) is 9.83. The number of rotatable bonds is 2. The Morgan fingerprint density at radius 2 is 1.94 bits per heavy atom. The van der Waals surface area contributed by atoms with E-state index in [1.165, 1.54) is 6.08 Å². The maximum Gasteiger partial charge on any atom is 0.295 e. The van der Waals surface area contributed by atoms with Crippen LogP contribution in [-0.2, 0) is 0 Å². The molecule has 0 bridgehead atoms. The van der Waals surface area contributed by atoms with Gasteiger partial charge in [-0.1, -0.05) is 36.9 Å². The highest BCUT2D eigenvalue weighted by molar-refractivity contribution is 5.72. The molecule has 0 aromatic heterocycles. The van der Waals surface area contributed by atoms with Gasteiger partial charge in [0.05, 0.1) is 10.6 Å². The third-order valence-electron chi connectivity index (χ3n) is 2.73. The summed E-state index contributed by atoms with van der Waals surface area (Å²) in [5, 5.41) is 21.6. The Morgan fingerprint density at radius 3 is 2.50 bits per heavy atom. The molecule has 0 amide bonds. The fourth-order valence-corrected chi connectivity index (χ4v) is 1.87. The lowest BCUT2D eigenvalue weighted by Gasteiger charge is -2.25. The van der Waals surface area contributed by atoms with Crippen LogP contribution < -0.4 is 0 Å². The van der Waals surface area contributed by atoms with Crippen LogP contribution in [0.15, 0.2) is 60.0 Å². The molecule has 1 aromatic rings. The van der Waals surface area contributed by atoms with Crippen LogP contribution in [0, 0.1) is 10.1 Å². The van der Waals surface area contributed by atoms with Gasteiger partial charge in [-0.15, -0.1) is 0 Å². The van der Waals surface area contributed by atoms with Crippen LogP contribution in [0.25, 0.3) is 5.70 Å². The molecule has 0 aliphatic carbocycles. The van der Waals surface area contributed by atoms with E-state index in [0.29, 0.717) is 11.3 Å². The van der Waals surface area contributed by atoms with Crippen LogP contribution in [0.4, 0.5) is 0 Å². The number of hydroxylamine groups is 2. The fourth-order valence-electron chi connectivity index (χ4n) is 1.87. The van der Waals surface area contributed by atoms with Gasteiger partial charge in [0.1, 0.15) is 5.70 Å². The molecule has 5 heteroatoms. The maximum atomic E-state index is 10.8. The number of benzene rings is 1. The van der Waals surface area contributed by atoms with E-state index in [0.717, 1.165) is 10.6 Å². The van der Waals surface area contributed by atoms with Crippen molar-refractivity contribution in [1.82, 2.24) is 5.06 Å². The maximum absolute atomic E-state index is 10.8. The summed E-state index contributed by atoms with van der Waals surface area (Å²) in [7, 11) is 0. The van der Waals surface area contributed by atoms with Crippen LogP contribution in [0.1, 0.15) is 12.5 Å². The fraction of sp³-hybridized carbons (Fsp3) is 0.0769. The van der Waals surface area contributed by atoms with Crippen molar-refractivity contribution < 1.29 is 10.1 Å². The lowest BCUT2D eigenvalue weighted by Crippen LogP contribution is -2.24. The average molecular weight is 244 g/mol. The second kappa shape index (κ2) is 4.46. The Hall–Kier alpha value is -2.40. The summed E-state index contributed by atoms with van der Waals surface area (Å²) in [6.07, 6.45) is 1.41.